The van der Waals surface area contributed by atoms with Gasteiger partial charge in [-0.05, 0) is 31.9 Å². The lowest BCUT2D eigenvalue weighted by atomic mass is 10.2. The van der Waals surface area contributed by atoms with E-state index in [2.05, 4.69) is 15.5 Å². The Labute approximate surface area is 137 Å². The summed E-state index contributed by atoms with van der Waals surface area (Å²) in [6.45, 7) is 3.12. The lowest BCUT2D eigenvalue weighted by Gasteiger charge is -2.14. The SMILES string of the molecule is C[C@H](Sc1nnc(-c2ccco2)n1N)C(=O)NC[C@@H]1CCCO1. The fourth-order valence-corrected chi connectivity index (χ4v) is 3.10. The van der Waals surface area contributed by atoms with E-state index in [1.807, 2.05) is 0 Å². The van der Waals surface area contributed by atoms with Gasteiger partial charge in [0.1, 0.15) is 0 Å². The summed E-state index contributed by atoms with van der Waals surface area (Å²) >= 11 is 1.25. The van der Waals surface area contributed by atoms with Gasteiger partial charge in [-0.15, -0.1) is 10.2 Å². The Morgan fingerprint density at radius 3 is 3.17 bits per heavy atom. The third-order valence-electron chi connectivity index (χ3n) is 3.59. The molecule has 8 nitrogen and oxygen atoms in total. The number of carbonyl (C=O) groups excluding carboxylic acids is 1. The lowest BCUT2D eigenvalue weighted by Crippen LogP contribution is -2.36. The number of ether oxygens (including phenoxy) is 1. The Hall–Kier alpha value is -2.00. The largest absolute Gasteiger partial charge is 0.461 e. The zero-order valence-electron chi connectivity index (χ0n) is 12.8. The summed E-state index contributed by atoms with van der Waals surface area (Å²) in [4.78, 5) is 12.1. The van der Waals surface area contributed by atoms with Crippen LogP contribution in [0.2, 0.25) is 0 Å². The molecule has 1 amide bonds. The summed E-state index contributed by atoms with van der Waals surface area (Å²) in [6.07, 6.45) is 3.71. The lowest BCUT2D eigenvalue weighted by molar-refractivity contribution is -0.120. The molecule has 9 heteroatoms. The molecule has 3 rings (SSSR count). The highest BCUT2D eigenvalue weighted by Crippen LogP contribution is 2.25. The fraction of sp³-hybridized carbons (Fsp3) is 0.500. The van der Waals surface area contributed by atoms with Gasteiger partial charge < -0.3 is 20.3 Å². The maximum atomic E-state index is 12.1. The summed E-state index contributed by atoms with van der Waals surface area (Å²) < 4.78 is 12.1. The summed E-state index contributed by atoms with van der Waals surface area (Å²) in [5.74, 6) is 6.85. The number of aromatic nitrogens is 3. The van der Waals surface area contributed by atoms with Gasteiger partial charge in [0.05, 0.1) is 17.6 Å². The highest BCUT2D eigenvalue weighted by Gasteiger charge is 2.22. The third kappa shape index (κ3) is 3.67. The molecule has 0 unspecified atom stereocenters. The van der Waals surface area contributed by atoms with Crippen molar-refractivity contribution in [2.45, 2.75) is 36.3 Å². The molecule has 1 aliphatic heterocycles. The molecule has 3 heterocycles. The summed E-state index contributed by atoms with van der Waals surface area (Å²) in [6, 6.07) is 3.50. The highest BCUT2D eigenvalue weighted by atomic mass is 32.2. The van der Waals surface area contributed by atoms with Crippen molar-refractivity contribution in [3.63, 3.8) is 0 Å². The summed E-state index contributed by atoms with van der Waals surface area (Å²) in [5.41, 5.74) is 0. The predicted molar refractivity (Wildman–Crippen MR) is 85.2 cm³/mol. The maximum Gasteiger partial charge on any atom is 0.233 e. The van der Waals surface area contributed by atoms with Crippen molar-refractivity contribution in [1.29, 1.82) is 0 Å². The van der Waals surface area contributed by atoms with Crippen molar-refractivity contribution < 1.29 is 13.9 Å². The molecule has 2 aromatic heterocycles. The predicted octanol–water partition coefficient (Wildman–Crippen LogP) is 1.03. The van der Waals surface area contributed by atoms with Crippen LogP contribution in [0.1, 0.15) is 19.8 Å². The van der Waals surface area contributed by atoms with Gasteiger partial charge in [-0.25, -0.2) is 4.68 Å². The first-order chi connectivity index (χ1) is 11.1. The van der Waals surface area contributed by atoms with Gasteiger partial charge in [-0.3, -0.25) is 4.79 Å². The van der Waals surface area contributed by atoms with E-state index in [4.69, 9.17) is 15.0 Å². The van der Waals surface area contributed by atoms with Gasteiger partial charge in [0.25, 0.3) is 0 Å². The quantitative estimate of drug-likeness (QED) is 0.598. The van der Waals surface area contributed by atoms with Gasteiger partial charge in [-0.1, -0.05) is 11.8 Å². The number of furan rings is 1. The number of amides is 1. The second kappa shape index (κ2) is 7.05. The number of nitrogens with zero attached hydrogens (tertiary/aromatic N) is 3. The molecule has 0 radical (unpaired) electrons. The zero-order chi connectivity index (χ0) is 16.2. The molecule has 124 valence electrons. The Morgan fingerprint density at radius 2 is 2.48 bits per heavy atom. The van der Waals surface area contributed by atoms with Gasteiger partial charge in [0.15, 0.2) is 5.76 Å². The molecule has 1 saturated heterocycles. The Morgan fingerprint density at radius 1 is 1.61 bits per heavy atom. The normalized spacial score (nSPS) is 18.9. The van der Waals surface area contributed by atoms with E-state index >= 15 is 0 Å². The van der Waals surface area contributed by atoms with Crippen molar-refractivity contribution in [2.24, 2.45) is 0 Å². The number of nitrogen functional groups attached to an aromatic ring is 1. The van der Waals surface area contributed by atoms with E-state index in [1.54, 1.807) is 19.1 Å². The Kier molecular flexibility index (Phi) is 4.87. The van der Waals surface area contributed by atoms with Crippen molar-refractivity contribution in [3.05, 3.63) is 18.4 Å². The van der Waals surface area contributed by atoms with Crippen LogP contribution in [-0.4, -0.2) is 45.3 Å². The standard InChI is InChI=1S/C14H19N5O3S/c1-9(13(20)16-8-10-4-2-6-21-10)23-14-18-17-12(19(14)15)11-5-3-7-22-11/h3,5,7,9-10H,2,4,6,8,15H2,1H3,(H,16,20)/t9-,10-/m0/s1. The number of thioether (sulfide) groups is 1. The molecule has 2 atom stereocenters. The molecular formula is C14H19N5O3S. The smallest absolute Gasteiger partial charge is 0.233 e. The minimum Gasteiger partial charge on any atom is -0.461 e. The van der Waals surface area contributed by atoms with Crippen LogP contribution in [0.4, 0.5) is 0 Å². The van der Waals surface area contributed by atoms with Crippen LogP contribution < -0.4 is 11.2 Å². The Bertz CT molecular complexity index is 651. The number of nitrogens with two attached hydrogens (primary N) is 1. The van der Waals surface area contributed by atoms with Crippen molar-refractivity contribution in [1.82, 2.24) is 20.2 Å². The topological polar surface area (TPSA) is 108 Å². The first-order valence-electron chi connectivity index (χ1n) is 7.45. The molecule has 0 spiro atoms. The minimum absolute atomic E-state index is 0.0759. The zero-order valence-corrected chi connectivity index (χ0v) is 13.6. The minimum atomic E-state index is -0.340. The number of hydrogen-bond acceptors (Lipinski definition) is 7. The van der Waals surface area contributed by atoms with Crippen LogP contribution in [-0.2, 0) is 9.53 Å². The fourth-order valence-electron chi connectivity index (χ4n) is 2.31. The second-order valence-corrected chi connectivity index (χ2v) is 6.60. The molecule has 2 aromatic rings. The van der Waals surface area contributed by atoms with E-state index in [9.17, 15) is 4.79 Å². The number of rotatable bonds is 6. The Balaban J connectivity index is 1.57. The maximum absolute atomic E-state index is 12.1. The van der Waals surface area contributed by atoms with E-state index in [0.29, 0.717) is 23.3 Å². The molecular weight excluding hydrogens is 318 g/mol. The number of hydrogen-bond donors (Lipinski definition) is 2. The van der Waals surface area contributed by atoms with Gasteiger partial charge in [0, 0.05) is 13.2 Å². The van der Waals surface area contributed by atoms with Crippen molar-refractivity contribution in [3.8, 4) is 11.6 Å². The van der Waals surface area contributed by atoms with Crippen molar-refractivity contribution >= 4 is 17.7 Å². The summed E-state index contributed by atoms with van der Waals surface area (Å²) in [5, 5.41) is 11.0. The van der Waals surface area contributed by atoms with Gasteiger partial charge >= 0.3 is 0 Å². The number of nitrogens with one attached hydrogen (secondary N) is 1. The van der Waals surface area contributed by atoms with Crippen LogP contribution in [0.15, 0.2) is 28.0 Å². The van der Waals surface area contributed by atoms with E-state index < -0.39 is 0 Å². The molecule has 0 bridgehead atoms. The summed E-state index contributed by atoms with van der Waals surface area (Å²) in [7, 11) is 0. The second-order valence-electron chi connectivity index (χ2n) is 5.29. The first-order valence-corrected chi connectivity index (χ1v) is 8.33. The van der Waals surface area contributed by atoms with E-state index in [1.165, 1.54) is 22.7 Å². The molecule has 1 fully saturated rings. The third-order valence-corrected chi connectivity index (χ3v) is 4.64. The molecule has 3 N–H and O–H groups in total. The first kappa shape index (κ1) is 15.9. The van der Waals surface area contributed by atoms with Crippen molar-refractivity contribution in [2.75, 3.05) is 19.0 Å². The monoisotopic (exact) mass is 337 g/mol. The molecule has 0 aliphatic carbocycles. The molecule has 0 aromatic carbocycles. The highest BCUT2D eigenvalue weighted by molar-refractivity contribution is 8.00. The van der Waals surface area contributed by atoms with Crippen LogP contribution in [0.3, 0.4) is 0 Å². The van der Waals surface area contributed by atoms with E-state index in [0.717, 1.165) is 19.4 Å². The van der Waals surface area contributed by atoms with Crippen LogP contribution in [0.25, 0.3) is 11.6 Å². The average molecular weight is 337 g/mol. The molecule has 23 heavy (non-hydrogen) atoms. The van der Waals surface area contributed by atoms with Gasteiger partial charge in [0.2, 0.25) is 16.9 Å². The van der Waals surface area contributed by atoms with E-state index in [-0.39, 0.29) is 17.3 Å². The van der Waals surface area contributed by atoms with Gasteiger partial charge in [-0.2, -0.15) is 0 Å². The number of carbonyl (C=O) groups is 1. The van der Waals surface area contributed by atoms with Crippen LogP contribution in [0.5, 0.6) is 0 Å². The molecule has 1 aliphatic rings. The van der Waals surface area contributed by atoms with Crippen LogP contribution >= 0.6 is 11.8 Å². The average Bonchev–Trinajstić information content (AvgIpc) is 3.27. The molecule has 0 saturated carbocycles. The van der Waals surface area contributed by atoms with Crippen LogP contribution in [0, 0.1) is 0 Å².